The number of carbonyl (C=O) groups excluding carboxylic acids is 4. The van der Waals surface area contributed by atoms with E-state index in [-0.39, 0.29) is 25.7 Å². The smallest absolute Gasteiger partial charge is 0.462 e. The quantitative estimate of drug-likeness (QED) is 0.0222. The molecule has 0 rings (SSSR count). The van der Waals surface area contributed by atoms with Crippen molar-refractivity contribution in [1.29, 1.82) is 0 Å². The molecule has 0 saturated carbocycles. The van der Waals surface area contributed by atoms with Crippen LogP contribution in [-0.2, 0) is 65.4 Å². The molecule has 5 atom stereocenters. The normalized spacial score (nSPS) is 13.9. The maximum absolute atomic E-state index is 13.1. The summed E-state index contributed by atoms with van der Waals surface area (Å²) < 4.78 is 68.8. The molecule has 0 amide bonds. The lowest BCUT2D eigenvalue weighted by molar-refractivity contribution is -0.161. The second kappa shape index (κ2) is 73.6. The molecule has 0 heterocycles. The van der Waals surface area contributed by atoms with Crippen molar-refractivity contribution >= 4 is 39.5 Å². The number of hydrogen-bond acceptors (Lipinski definition) is 15. The molecule has 0 radical (unpaired) electrons. The number of aliphatic hydroxyl groups is 1. The zero-order valence-electron chi connectivity index (χ0n) is 66.2. The summed E-state index contributed by atoms with van der Waals surface area (Å²) in [6, 6.07) is 0. The molecule has 0 aliphatic heterocycles. The second-order valence-corrected chi connectivity index (χ2v) is 33.4. The number of carbonyl (C=O) groups is 4. The molecular formula is C82H160O17P2. The summed E-state index contributed by atoms with van der Waals surface area (Å²) in [5, 5.41) is 10.7. The van der Waals surface area contributed by atoms with Gasteiger partial charge in [0, 0.05) is 25.7 Å². The van der Waals surface area contributed by atoms with E-state index in [0.29, 0.717) is 25.7 Å². The molecule has 0 saturated heterocycles. The number of rotatable bonds is 81. The van der Waals surface area contributed by atoms with Crippen LogP contribution >= 0.6 is 15.6 Å². The van der Waals surface area contributed by atoms with Crippen LogP contribution in [0.3, 0.4) is 0 Å². The lowest BCUT2D eigenvalue weighted by atomic mass is 10.0. The Hall–Kier alpha value is -1.94. The standard InChI is InChI=1S/C82H160O17P2/c1-7-9-11-13-15-17-19-21-23-24-27-31-34-40-46-52-58-64-79(84)92-70-77(98-82(87)67-61-55-49-42-36-32-28-25-26-29-33-38-44-50-56-62-74(3)4)72-96-100(88,89)94-68-76(83)69-95-101(90,91)97-73-78(71-93-80(85)65-59-53-47-43-37-39-45-51-57-63-75(5)6)99-81(86)66-60-54-48-41-35-30-22-20-18-16-14-12-10-8-2/h74-78,83H,7-73H2,1-6H3,(H,88,89)(H,90,91)/t76-,77-,78-/m1/s1. The Kier molecular flexibility index (Phi) is 72.2. The highest BCUT2D eigenvalue weighted by Crippen LogP contribution is 2.45. The molecular weight excluding hydrogens is 1320 g/mol. The maximum atomic E-state index is 13.1. The van der Waals surface area contributed by atoms with Gasteiger partial charge in [0.05, 0.1) is 26.4 Å². The van der Waals surface area contributed by atoms with Crippen LogP contribution in [0.25, 0.3) is 0 Å². The van der Waals surface area contributed by atoms with Crippen molar-refractivity contribution in [2.75, 3.05) is 39.6 Å². The first kappa shape index (κ1) is 99.1. The number of hydrogen-bond donors (Lipinski definition) is 3. The summed E-state index contributed by atoms with van der Waals surface area (Å²) in [4.78, 5) is 73.1. The highest BCUT2D eigenvalue weighted by atomic mass is 31.2. The van der Waals surface area contributed by atoms with Gasteiger partial charge in [0.15, 0.2) is 12.2 Å². The molecule has 0 aromatic carbocycles. The van der Waals surface area contributed by atoms with Gasteiger partial charge < -0.3 is 33.8 Å². The minimum absolute atomic E-state index is 0.108. The van der Waals surface area contributed by atoms with Crippen molar-refractivity contribution in [1.82, 2.24) is 0 Å². The summed E-state index contributed by atoms with van der Waals surface area (Å²) in [7, 11) is -9.92. The molecule has 101 heavy (non-hydrogen) atoms. The van der Waals surface area contributed by atoms with Crippen molar-refractivity contribution in [2.24, 2.45) is 11.8 Å². The predicted octanol–water partition coefficient (Wildman–Crippen LogP) is 24.7. The lowest BCUT2D eigenvalue weighted by Crippen LogP contribution is -2.30. The Morgan fingerprint density at radius 2 is 0.455 bits per heavy atom. The summed E-state index contributed by atoms with van der Waals surface area (Å²) in [5.41, 5.74) is 0. The van der Waals surface area contributed by atoms with Crippen LogP contribution in [0, 0.1) is 11.8 Å². The topological polar surface area (TPSA) is 237 Å². The van der Waals surface area contributed by atoms with Gasteiger partial charge in [0.2, 0.25) is 0 Å². The molecule has 0 aromatic rings. The number of phosphoric acid groups is 2. The monoisotopic (exact) mass is 1480 g/mol. The van der Waals surface area contributed by atoms with Gasteiger partial charge in [-0.2, -0.15) is 0 Å². The summed E-state index contributed by atoms with van der Waals surface area (Å²) in [5.74, 6) is -0.558. The Balaban J connectivity index is 5.26. The largest absolute Gasteiger partial charge is 0.472 e. The summed E-state index contributed by atoms with van der Waals surface area (Å²) in [6.07, 6.45) is 63.7. The summed E-state index contributed by atoms with van der Waals surface area (Å²) >= 11 is 0. The molecule has 0 aliphatic carbocycles. The Bertz CT molecular complexity index is 1940. The van der Waals surface area contributed by atoms with E-state index >= 15 is 0 Å². The maximum Gasteiger partial charge on any atom is 0.472 e. The average molecular weight is 1480 g/mol. The Morgan fingerprint density at radius 3 is 0.673 bits per heavy atom. The third-order valence-corrected chi connectivity index (χ3v) is 21.1. The fourth-order valence-corrected chi connectivity index (χ4v) is 14.3. The molecule has 3 N–H and O–H groups in total. The first-order chi connectivity index (χ1) is 48.9. The Morgan fingerprint density at radius 1 is 0.267 bits per heavy atom. The second-order valence-electron chi connectivity index (χ2n) is 30.5. The predicted molar refractivity (Wildman–Crippen MR) is 414 cm³/mol. The highest BCUT2D eigenvalue weighted by molar-refractivity contribution is 7.47. The van der Waals surface area contributed by atoms with Gasteiger partial charge in [-0.15, -0.1) is 0 Å². The molecule has 0 fully saturated rings. The van der Waals surface area contributed by atoms with Gasteiger partial charge in [0.25, 0.3) is 0 Å². The molecule has 0 bridgehead atoms. The zero-order valence-corrected chi connectivity index (χ0v) is 68.0. The van der Waals surface area contributed by atoms with E-state index in [1.807, 2.05) is 0 Å². The van der Waals surface area contributed by atoms with E-state index in [9.17, 15) is 43.2 Å². The minimum atomic E-state index is -4.96. The zero-order chi connectivity index (χ0) is 74.2. The van der Waals surface area contributed by atoms with Gasteiger partial charge in [0.1, 0.15) is 19.3 Å². The molecule has 2 unspecified atom stereocenters. The van der Waals surface area contributed by atoms with E-state index in [1.54, 1.807) is 0 Å². The molecule has 17 nitrogen and oxygen atoms in total. The Labute approximate surface area is 619 Å². The van der Waals surface area contributed by atoms with Crippen molar-refractivity contribution in [3.63, 3.8) is 0 Å². The van der Waals surface area contributed by atoms with Crippen LogP contribution in [0.2, 0.25) is 0 Å². The van der Waals surface area contributed by atoms with Gasteiger partial charge >= 0.3 is 39.5 Å². The first-order valence-electron chi connectivity index (χ1n) is 42.5. The fourth-order valence-electron chi connectivity index (χ4n) is 12.7. The number of esters is 4. The van der Waals surface area contributed by atoms with E-state index in [2.05, 4.69) is 41.5 Å². The van der Waals surface area contributed by atoms with E-state index < -0.39 is 97.5 Å². The van der Waals surface area contributed by atoms with Crippen molar-refractivity contribution in [3.05, 3.63) is 0 Å². The van der Waals surface area contributed by atoms with Gasteiger partial charge in [-0.1, -0.05) is 382 Å². The third-order valence-electron chi connectivity index (χ3n) is 19.2. The lowest BCUT2D eigenvalue weighted by Gasteiger charge is -2.21. The SMILES string of the molecule is CCCCCCCCCCCCCCCCCCCC(=O)OC[C@H](COP(=O)(O)OC[C@@H](O)COP(=O)(O)OC[C@@H](COC(=O)CCCCCCCCCCCC(C)C)OC(=O)CCCCCCCCCCCCCCCC)OC(=O)CCCCCCCCCCCCCCCCCC(C)C. The van der Waals surface area contributed by atoms with Crippen LogP contribution in [-0.4, -0.2) is 96.7 Å². The fraction of sp³-hybridized carbons (Fsp3) is 0.951. The van der Waals surface area contributed by atoms with E-state index in [4.69, 9.17) is 37.0 Å². The van der Waals surface area contributed by atoms with Crippen LogP contribution in [0.1, 0.15) is 433 Å². The molecule has 0 aliphatic rings. The van der Waals surface area contributed by atoms with Crippen LogP contribution in [0.15, 0.2) is 0 Å². The van der Waals surface area contributed by atoms with Crippen molar-refractivity contribution in [2.45, 2.75) is 452 Å². The third kappa shape index (κ3) is 76.1. The van der Waals surface area contributed by atoms with E-state index in [0.717, 1.165) is 102 Å². The average Bonchev–Trinajstić information content (AvgIpc) is 0.935. The summed E-state index contributed by atoms with van der Waals surface area (Å²) in [6.45, 7) is 9.66. The number of unbranched alkanes of at least 4 members (excludes halogenated alkanes) is 51. The van der Waals surface area contributed by atoms with Crippen LogP contribution in [0.5, 0.6) is 0 Å². The number of ether oxygens (including phenoxy) is 4. The first-order valence-corrected chi connectivity index (χ1v) is 45.5. The number of phosphoric ester groups is 2. The van der Waals surface area contributed by atoms with Crippen molar-refractivity contribution < 1.29 is 80.2 Å². The minimum Gasteiger partial charge on any atom is -0.462 e. The number of aliphatic hydroxyl groups excluding tert-OH is 1. The van der Waals surface area contributed by atoms with Crippen LogP contribution < -0.4 is 0 Å². The molecule has 600 valence electrons. The molecule has 19 heteroatoms. The van der Waals surface area contributed by atoms with Crippen LogP contribution in [0.4, 0.5) is 0 Å². The van der Waals surface area contributed by atoms with Gasteiger partial charge in [-0.05, 0) is 37.5 Å². The van der Waals surface area contributed by atoms with Gasteiger partial charge in [-0.25, -0.2) is 9.13 Å². The van der Waals surface area contributed by atoms with Crippen molar-refractivity contribution in [3.8, 4) is 0 Å². The van der Waals surface area contributed by atoms with E-state index in [1.165, 1.54) is 250 Å². The molecule has 0 aromatic heterocycles. The van der Waals surface area contributed by atoms with Gasteiger partial charge in [-0.3, -0.25) is 37.3 Å². The molecule has 0 spiro atoms. The highest BCUT2D eigenvalue weighted by Gasteiger charge is 2.30.